The van der Waals surface area contributed by atoms with E-state index in [1.165, 1.54) is 33.4 Å². The molecule has 0 unspecified atom stereocenters. The summed E-state index contributed by atoms with van der Waals surface area (Å²) in [6, 6.07) is 65.8. The third kappa shape index (κ3) is 8.56. The van der Waals surface area contributed by atoms with E-state index in [0.29, 0.717) is 13.0 Å². The highest BCUT2D eigenvalue weighted by Crippen LogP contribution is 2.44. The van der Waals surface area contributed by atoms with Crippen LogP contribution in [0.5, 0.6) is 0 Å². The summed E-state index contributed by atoms with van der Waals surface area (Å²) in [7, 11) is -2.18. The third-order valence-corrected chi connectivity index (χ3v) is 17.0. The molecule has 1 atom stereocenters. The van der Waals surface area contributed by atoms with E-state index in [1.54, 1.807) is 0 Å². The minimum absolute atomic E-state index is 0.0467. The molecule has 0 spiro atoms. The fourth-order valence-corrected chi connectivity index (χ4v) is 9.52. The third-order valence-electron chi connectivity index (χ3n) is 12.5. The average Bonchev–Trinajstić information content (AvgIpc) is 3.67. The lowest BCUT2D eigenvalue weighted by atomic mass is 9.75. The second kappa shape index (κ2) is 18.3. The zero-order chi connectivity index (χ0) is 41.4. The number of unbranched alkanes of at least 4 members (excludes halogenated alkanes) is 1. The first-order valence-electron chi connectivity index (χ1n) is 21.4. The molecular weight excluding hydrogens is 735 g/mol. The maximum absolute atomic E-state index is 7.28. The Hall–Kier alpha value is -5.33. The summed E-state index contributed by atoms with van der Waals surface area (Å²) in [5.74, 6) is 1.09. The fraction of sp³-hybridized carbons (Fsp3) is 0.278. The normalized spacial score (nSPS) is 13.0. The first-order valence-corrected chi connectivity index (χ1v) is 24.3. The van der Waals surface area contributed by atoms with Crippen molar-refractivity contribution in [3.05, 3.63) is 233 Å². The zero-order valence-corrected chi connectivity index (χ0v) is 36.8. The number of nitrogens with zero attached hydrogens (tertiary/aromatic N) is 2. The van der Waals surface area contributed by atoms with Crippen LogP contribution in [0, 0.1) is 0 Å². The van der Waals surface area contributed by atoms with Crippen molar-refractivity contribution in [3.8, 4) is 0 Å². The number of hydrogen-bond donors (Lipinski definition) is 1. The van der Waals surface area contributed by atoms with Gasteiger partial charge < -0.3 is 8.99 Å². The molecule has 1 aromatic heterocycles. The van der Waals surface area contributed by atoms with Gasteiger partial charge in [-0.05, 0) is 57.9 Å². The van der Waals surface area contributed by atoms with Crippen LogP contribution in [0.15, 0.2) is 188 Å². The predicted molar refractivity (Wildman–Crippen MR) is 248 cm³/mol. The Kier molecular flexibility index (Phi) is 13.0. The molecule has 0 fully saturated rings. The molecule has 302 valence electrons. The van der Waals surface area contributed by atoms with Gasteiger partial charge in [-0.3, -0.25) is 5.32 Å². The smallest absolute Gasteiger partial charge is 0.192 e. The van der Waals surface area contributed by atoms with E-state index in [9.17, 15) is 0 Å². The summed E-state index contributed by atoms with van der Waals surface area (Å²) in [4.78, 5) is 5.37. The average molecular weight is 796 g/mol. The van der Waals surface area contributed by atoms with Crippen LogP contribution in [0.1, 0.15) is 85.4 Å². The van der Waals surface area contributed by atoms with Gasteiger partial charge in [0, 0.05) is 37.4 Å². The highest BCUT2D eigenvalue weighted by molar-refractivity contribution is 6.74. The molecule has 7 aromatic rings. The lowest BCUT2D eigenvalue weighted by Gasteiger charge is -2.43. The number of nitrogens with one attached hydrogen (secondary N) is 1. The molecule has 0 aliphatic heterocycles. The quantitative estimate of drug-likeness (QED) is 0.0737. The van der Waals surface area contributed by atoms with E-state index in [0.717, 1.165) is 30.8 Å². The SMILES string of the molecule is CCCCc1ncc(C[C@@H](CO[Si](C)(C)C(C)(C)C)NC(c2ccccc2)(c2ccccc2)c2ccccc2)n1C(c1ccccc1)(c1ccccc1)c1ccccc1. The van der Waals surface area contributed by atoms with Crippen molar-refractivity contribution in [3.63, 3.8) is 0 Å². The van der Waals surface area contributed by atoms with Crippen LogP contribution in [0.4, 0.5) is 0 Å². The van der Waals surface area contributed by atoms with Gasteiger partial charge in [-0.1, -0.05) is 216 Å². The molecule has 1 heterocycles. The lowest BCUT2D eigenvalue weighted by molar-refractivity contribution is 0.220. The molecule has 5 heteroatoms. The van der Waals surface area contributed by atoms with Crippen molar-refractivity contribution in [2.24, 2.45) is 0 Å². The Morgan fingerprint density at radius 1 is 0.576 bits per heavy atom. The molecule has 59 heavy (non-hydrogen) atoms. The van der Waals surface area contributed by atoms with E-state index in [4.69, 9.17) is 9.41 Å². The Bertz CT molecular complexity index is 2130. The number of benzene rings is 6. The van der Waals surface area contributed by atoms with Gasteiger partial charge >= 0.3 is 0 Å². The number of aryl methyl sites for hydroxylation is 1. The Morgan fingerprint density at radius 3 is 1.31 bits per heavy atom. The van der Waals surface area contributed by atoms with Crippen LogP contribution in [0.25, 0.3) is 0 Å². The fourth-order valence-electron chi connectivity index (χ4n) is 8.47. The van der Waals surface area contributed by atoms with E-state index in [2.05, 4.69) is 239 Å². The van der Waals surface area contributed by atoms with Gasteiger partial charge in [0.15, 0.2) is 8.32 Å². The molecule has 0 radical (unpaired) electrons. The molecule has 0 saturated heterocycles. The first-order chi connectivity index (χ1) is 28.6. The van der Waals surface area contributed by atoms with Crippen LogP contribution in [-0.4, -0.2) is 30.5 Å². The highest BCUT2D eigenvalue weighted by Gasteiger charge is 2.44. The standard InChI is InChI=1S/C54H61N3OSi/c1-7-8-39-51-55-41-50(57(51)54(46-33-21-12-22-34-46,47-35-23-13-24-36-47)48-37-25-14-26-38-48)40-49(42-58-59(5,6)52(2,3)4)56-53(43-27-15-9-16-28-43,44-29-17-10-18-30-44)45-31-19-11-20-32-45/h9-38,41,49,56H,7-8,39-40,42H2,1-6H3/t49-/m0/s1. The summed E-state index contributed by atoms with van der Waals surface area (Å²) in [5.41, 5.74) is 6.91. The monoisotopic (exact) mass is 795 g/mol. The van der Waals surface area contributed by atoms with Gasteiger partial charge in [0.1, 0.15) is 11.4 Å². The van der Waals surface area contributed by atoms with Crippen LogP contribution in [-0.2, 0) is 28.3 Å². The van der Waals surface area contributed by atoms with Crippen molar-refractivity contribution in [1.29, 1.82) is 0 Å². The molecule has 0 aliphatic carbocycles. The van der Waals surface area contributed by atoms with E-state index >= 15 is 0 Å². The molecule has 0 amide bonds. The molecule has 0 aliphatic rings. The molecule has 0 saturated carbocycles. The Labute approximate surface area is 354 Å². The van der Waals surface area contributed by atoms with Gasteiger partial charge in [0.25, 0.3) is 0 Å². The van der Waals surface area contributed by atoms with Crippen molar-refractivity contribution in [2.45, 2.75) is 88.6 Å². The lowest BCUT2D eigenvalue weighted by Crippen LogP contribution is -2.54. The highest BCUT2D eigenvalue weighted by atomic mass is 28.4. The van der Waals surface area contributed by atoms with Gasteiger partial charge in [-0.2, -0.15) is 0 Å². The second-order valence-electron chi connectivity index (χ2n) is 17.4. The van der Waals surface area contributed by atoms with Gasteiger partial charge in [-0.15, -0.1) is 0 Å². The largest absolute Gasteiger partial charge is 0.415 e. The predicted octanol–water partition coefficient (Wildman–Crippen LogP) is 12.6. The van der Waals surface area contributed by atoms with Crippen molar-refractivity contribution in [2.75, 3.05) is 6.61 Å². The molecule has 7 rings (SSSR count). The summed E-state index contributed by atoms with van der Waals surface area (Å²) in [6.07, 6.45) is 5.82. The molecular formula is C54H61N3OSi. The van der Waals surface area contributed by atoms with Crippen molar-refractivity contribution < 1.29 is 4.43 Å². The minimum atomic E-state index is -2.18. The molecule has 6 aromatic carbocycles. The maximum Gasteiger partial charge on any atom is 0.192 e. The molecule has 1 N–H and O–H groups in total. The Balaban J connectivity index is 1.49. The second-order valence-corrected chi connectivity index (χ2v) is 22.2. The Morgan fingerprint density at radius 2 is 0.949 bits per heavy atom. The summed E-state index contributed by atoms with van der Waals surface area (Å²) >= 11 is 0. The minimum Gasteiger partial charge on any atom is -0.415 e. The zero-order valence-electron chi connectivity index (χ0n) is 35.8. The summed E-state index contributed by atoms with van der Waals surface area (Å²) < 4.78 is 9.88. The number of hydrogen-bond acceptors (Lipinski definition) is 3. The van der Waals surface area contributed by atoms with Gasteiger partial charge in [0.2, 0.25) is 0 Å². The molecule has 4 nitrogen and oxygen atoms in total. The van der Waals surface area contributed by atoms with Gasteiger partial charge in [-0.25, -0.2) is 4.98 Å². The van der Waals surface area contributed by atoms with Gasteiger partial charge in [0.05, 0.1) is 5.54 Å². The van der Waals surface area contributed by atoms with Crippen molar-refractivity contribution in [1.82, 2.24) is 14.9 Å². The van der Waals surface area contributed by atoms with Crippen LogP contribution in [0.3, 0.4) is 0 Å². The first kappa shape index (κ1) is 41.8. The molecule has 0 bridgehead atoms. The van der Waals surface area contributed by atoms with Crippen molar-refractivity contribution >= 4 is 8.32 Å². The number of imidazole rings is 1. The van der Waals surface area contributed by atoms with E-state index in [1.807, 2.05) is 0 Å². The number of rotatable bonds is 17. The maximum atomic E-state index is 7.28. The summed E-state index contributed by atoms with van der Waals surface area (Å²) in [5, 5.41) is 4.44. The van der Waals surface area contributed by atoms with E-state index < -0.39 is 19.4 Å². The summed E-state index contributed by atoms with van der Waals surface area (Å²) in [6.45, 7) is 14.5. The van der Waals surface area contributed by atoms with Crippen LogP contribution in [0.2, 0.25) is 18.1 Å². The van der Waals surface area contributed by atoms with E-state index in [-0.39, 0.29) is 11.1 Å². The topological polar surface area (TPSA) is 39.1 Å². The van der Waals surface area contributed by atoms with Crippen LogP contribution >= 0.6 is 0 Å². The number of aromatic nitrogens is 2. The van der Waals surface area contributed by atoms with Crippen LogP contribution < -0.4 is 5.32 Å².